The van der Waals surface area contributed by atoms with E-state index < -0.39 is 0 Å². The van der Waals surface area contributed by atoms with Crippen molar-refractivity contribution in [1.82, 2.24) is 0 Å². The van der Waals surface area contributed by atoms with Crippen molar-refractivity contribution in [3.8, 4) is 0 Å². The summed E-state index contributed by atoms with van der Waals surface area (Å²) < 4.78 is 5.41. The number of allylic oxidation sites excluding steroid dienone is 5. The van der Waals surface area contributed by atoms with Crippen LogP contribution in [0.5, 0.6) is 0 Å². The summed E-state index contributed by atoms with van der Waals surface area (Å²) >= 11 is 0. The number of carbonyl (C=O) groups excluding carboxylic acids is 2. The summed E-state index contributed by atoms with van der Waals surface area (Å²) in [4.78, 5) is 24.3. The largest absolute Gasteiger partial charge is 0.454 e. The highest BCUT2D eigenvalue weighted by atomic mass is 16.5. The average Bonchev–Trinajstić information content (AvgIpc) is 2.73. The third kappa shape index (κ3) is 4.54. The lowest BCUT2D eigenvalue weighted by Crippen LogP contribution is -2.19. The van der Waals surface area contributed by atoms with E-state index in [0.29, 0.717) is 5.57 Å². The summed E-state index contributed by atoms with van der Waals surface area (Å²) in [6.07, 6.45) is 9.95. The van der Waals surface area contributed by atoms with Gasteiger partial charge in [-0.1, -0.05) is 29.9 Å². The van der Waals surface area contributed by atoms with Gasteiger partial charge in [-0.2, -0.15) is 0 Å². The molecule has 1 heterocycles. The van der Waals surface area contributed by atoms with Crippen LogP contribution in [0.4, 0.5) is 0 Å². The maximum atomic E-state index is 12.4. The molecule has 0 aromatic carbocycles. The first kappa shape index (κ1) is 17.5. The molecule has 0 unspecified atom stereocenters. The van der Waals surface area contributed by atoms with Crippen LogP contribution >= 0.6 is 0 Å². The molecule has 1 aliphatic heterocycles. The Kier molecular flexibility index (Phi) is 5.75. The van der Waals surface area contributed by atoms with Crippen LogP contribution in [-0.2, 0) is 14.3 Å². The number of ether oxygens (including phenoxy) is 1. The van der Waals surface area contributed by atoms with Crippen LogP contribution in [0.1, 0.15) is 52.9 Å². The molecule has 0 spiro atoms. The molecule has 0 radical (unpaired) electrons. The third-order valence-electron chi connectivity index (χ3n) is 4.66. The molecule has 23 heavy (non-hydrogen) atoms. The second-order valence-corrected chi connectivity index (χ2v) is 6.66. The first-order chi connectivity index (χ1) is 10.9. The fraction of sp³-hybridized carbons (Fsp3) is 0.500. The van der Waals surface area contributed by atoms with Crippen molar-refractivity contribution >= 4 is 11.8 Å². The Morgan fingerprint density at radius 1 is 1.04 bits per heavy atom. The van der Waals surface area contributed by atoms with Crippen molar-refractivity contribution in [2.45, 2.75) is 59.0 Å². The lowest BCUT2D eigenvalue weighted by molar-refractivity contribution is -0.137. The molecular weight excluding hydrogens is 288 g/mol. The fourth-order valence-electron chi connectivity index (χ4n) is 3.02. The summed E-state index contributed by atoms with van der Waals surface area (Å²) in [5, 5.41) is 0. The Bertz CT molecular complexity index is 604. The van der Waals surface area contributed by atoms with Crippen LogP contribution in [0, 0.1) is 5.92 Å². The van der Waals surface area contributed by atoms with Gasteiger partial charge >= 0.3 is 5.97 Å². The van der Waals surface area contributed by atoms with Gasteiger partial charge in [0.15, 0.2) is 5.78 Å². The minimum absolute atomic E-state index is 0.0733. The zero-order valence-electron chi connectivity index (χ0n) is 14.4. The lowest BCUT2D eigenvalue weighted by Gasteiger charge is -2.15. The quantitative estimate of drug-likeness (QED) is 0.377. The smallest absolute Gasteiger partial charge is 0.334 e. The van der Waals surface area contributed by atoms with Crippen molar-refractivity contribution in [1.29, 1.82) is 0 Å². The van der Waals surface area contributed by atoms with Gasteiger partial charge in [0.25, 0.3) is 0 Å². The van der Waals surface area contributed by atoms with Gasteiger partial charge in [-0.3, -0.25) is 4.79 Å². The number of rotatable bonds is 0. The van der Waals surface area contributed by atoms with Gasteiger partial charge in [-0.05, 0) is 58.1 Å². The first-order valence-electron chi connectivity index (χ1n) is 8.31. The van der Waals surface area contributed by atoms with E-state index in [1.54, 1.807) is 0 Å². The summed E-state index contributed by atoms with van der Waals surface area (Å²) in [7, 11) is 0. The van der Waals surface area contributed by atoms with Crippen LogP contribution in [-0.4, -0.2) is 17.9 Å². The van der Waals surface area contributed by atoms with Gasteiger partial charge in [0.05, 0.1) is 0 Å². The molecule has 0 N–H and O–H groups in total. The van der Waals surface area contributed by atoms with Gasteiger partial charge in [-0.25, -0.2) is 4.79 Å². The molecule has 1 saturated heterocycles. The molecule has 1 aliphatic carbocycles. The van der Waals surface area contributed by atoms with E-state index in [-0.39, 0.29) is 30.2 Å². The topological polar surface area (TPSA) is 43.4 Å². The minimum Gasteiger partial charge on any atom is -0.454 e. The summed E-state index contributed by atoms with van der Waals surface area (Å²) in [6.45, 7) is 9.86. The Balaban J connectivity index is 2.29. The van der Waals surface area contributed by atoms with Gasteiger partial charge < -0.3 is 4.74 Å². The molecule has 0 saturated carbocycles. The van der Waals surface area contributed by atoms with E-state index in [1.165, 1.54) is 11.1 Å². The van der Waals surface area contributed by atoms with Crippen molar-refractivity contribution < 1.29 is 14.3 Å². The van der Waals surface area contributed by atoms with Crippen LogP contribution in [0.3, 0.4) is 0 Å². The molecule has 3 nitrogen and oxygen atoms in total. The zero-order valence-corrected chi connectivity index (χ0v) is 14.4. The van der Waals surface area contributed by atoms with Gasteiger partial charge in [-0.15, -0.1) is 0 Å². The molecule has 0 aromatic rings. The molecule has 0 aromatic heterocycles. The molecule has 0 bridgehead atoms. The van der Waals surface area contributed by atoms with E-state index in [9.17, 15) is 9.59 Å². The SMILES string of the molecule is C=C1C(=O)O[C@H]2/C=C(\C)CC/C=C(\C)CC/C=C(\C)C(=O)C[C@@H]12. The predicted octanol–water partition coefficient (Wildman–Crippen LogP) is 4.46. The fourth-order valence-corrected chi connectivity index (χ4v) is 3.02. The number of hydrogen-bond acceptors (Lipinski definition) is 3. The molecule has 2 aliphatic rings. The minimum atomic E-state index is -0.376. The number of ketones is 1. The number of fused-ring (bicyclic) bond motifs is 1. The Morgan fingerprint density at radius 2 is 1.70 bits per heavy atom. The summed E-state index contributed by atoms with van der Waals surface area (Å²) in [5.74, 6) is -0.545. The van der Waals surface area contributed by atoms with E-state index in [0.717, 1.165) is 31.3 Å². The van der Waals surface area contributed by atoms with Crippen molar-refractivity contribution in [3.63, 3.8) is 0 Å². The van der Waals surface area contributed by atoms with Crippen molar-refractivity contribution in [2.75, 3.05) is 0 Å². The van der Waals surface area contributed by atoms with Gasteiger partial charge in [0, 0.05) is 17.9 Å². The molecular formula is C20H26O3. The lowest BCUT2D eigenvalue weighted by atomic mass is 9.88. The first-order valence-corrected chi connectivity index (χ1v) is 8.31. The van der Waals surface area contributed by atoms with E-state index >= 15 is 0 Å². The van der Waals surface area contributed by atoms with Gasteiger partial charge in [0.2, 0.25) is 0 Å². The van der Waals surface area contributed by atoms with Crippen molar-refractivity contribution in [3.05, 3.63) is 47.1 Å². The van der Waals surface area contributed by atoms with Crippen molar-refractivity contribution in [2.24, 2.45) is 5.92 Å². The predicted molar refractivity (Wildman–Crippen MR) is 91.9 cm³/mol. The van der Waals surface area contributed by atoms with Crippen LogP contribution in [0.2, 0.25) is 0 Å². The molecule has 1 fully saturated rings. The van der Waals surface area contributed by atoms with Crippen LogP contribution in [0.15, 0.2) is 47.1 Å². The average molecular weight is 314 g/mol. The number of carbonyl (C=O) groups is 2. The maximum absolute atomic E-state index is 12.4. The highest BCUT2D eigenvalue weighted by Crippen LogP contribution is 2.32. The standard InChI is InChI=1S/C20H26O3/c1-13-7-5-9-14(2)11-19-17(16(4)20(22)23-19)12-18(21)15(3)10-6-8-13/h7,10-11,17,19H,4-6,8-9,12H2,1-3H3/b13-7+,14-11+,15-10+/t17-,19-/m0/s1. The third-order valence-corrected chi connectivity index (χ3v) is 4.66. The molecule has 0 amide bonds. The summed E-state index contributed by atoms with van der Waals surface area (Å²) in [6, 6.07) is 0. The maximum Gasteiger partial charge on any atom is 0.334 e. The number of Topliss-reactive ketones (excluding diaryl/α,β-unsaturated/α-hetero) is 1. The second kappa shape index (κ2) is 7.58. The molecule has 3 heteroatoms. The molecule has 2 rings (SSSR count). The second-order valence-electron chi connectivity index (χ2n) is 6.66. The van der Waals surface area contributed by atoms with E-state index in [4.69, 9.17) is 4.74 Å². The monoisotopic (exact) mass is 314 g/mol. The highest BCUT2D eigenvalue weighted by molar-refractivity contribution is 5.98. The number of esters is 1. The van der Waals surface area contributed by atoms with Gasteiger partial charge in [0.1, 0.15) is 6.10 Å². The van der Waals surface area contributed by atoms with Crippen LogP contribution in [0.25, 0.3) is 0 Å². The van der Waals surface area contributed by atoms with E-state index in [2.05, 4.69) is 19.6 Å². The normalized spacial score (nSPS) is 34.2. The Labute approximate surface area is 138 Å². The Morgan fingerprint density at radius 3 is 2.43 bits per heavy atom. The zero-order chi connectivity index (χ0) is 17.0. The highest BCUT2D eigenvalue weighted by Gasteiger charge is 2.38. The molecule has 124 valence electrons. The number of hydrogen-bond donors (Lipinski definition) is 0. The van der Waals surface area contributed by atoms with Crippen LogP contribution < -0.4 is 0 Å². The Hall–Kier alpha value is -1.90. The molecule has 2 atom stereocenters. The van der Waals surface area contributed by atoms with E-state index in [1.807, 2.05) is 26.0 Å². The summed E-state index contributed by atoms with van der Waals surface area (Å²) in [5.41, 5.74) is 3.72.